The minimum Gasteiger partial charge on any atom is -0.294 e. The molecule has 0 aliphatic carbocycles. The van der Waals surface area contributed by atoms with E-state index in [0.717, 1.165) is 22.6 Å². The van der Waals surface area contributed by atoms with E-state index in [1.54, 1.807) is 0 Å². The summed E-state index contributed by atoms with van der Waals surface area (Å²) in [7, 11) is 0. The molecule has 0 N–H and O–H groups in total. The van der Waals surface area contributed by atoms with Gasteiger partial charge in [0, 0.05) is 17.0 Å². The van der Waals surface area contributed by atoms with Gasteiger partial charge in [-0.3, -0.25) is 4.79 Å². The summed E-state index contributed by atoms with van der Waals surface area (Å²) in [6, 6.07) is 5.55. The molecule has 0 saturated heterocycles. The highest BCUT2D eigenvalue weighted by molar-refractivity contribution is 6.31. The van der Waals surface area contributed by atoms with Crippen LogP contribution in [0.2, 0.25) is 5.02 Å². The fraction of sp³-hybridized carbons (Fsp3) is 0.611. The number of benzene rings is 1. The smallest absolute Gasteiger partial charge is 0.162 e. The highest BCUT2D eigenvalue weighted by Gasteiger charge is 2.06. The van der Waals surface area contributed by atoms with E-state index < -0.39 is 0 Å². The van der Waals surface area contributed by atoms with Crippen LogP contribution in [0.25, 0.3) is 0 Å². The van der Waals surface area contributed by atoms with Crippen molar-refractivity contribution < 1.29 is 4.79 Å². The first kappa shape index (κ1) is 17.2. The van der Waals surface area contributed by atoms with Crippen LogP contribution in [0.1, 0.15) is 80.6 Å². The highest BCUT2D eigenvalue weighted by atomic mass is 35.5. The molecule has 1 rings (SSSR count). The molecule has 0 saturated carbocycles. The molecule has 0 atom stereocenters. The summed E-state index contributed by atoms with van der Waals surface area (Å²) < 4.78 is 0. The van der Waals surface area contributed by atoms with E-state index in [4.69, 9.17) is 11.6 Å². The van der Waals surface area contributed by atoms with Crippen molar-refractivity contribution in [2.75, 3.05) is 0 Å². The molecule has 0 heterocycles. The normalized spacial score (nSPS) is 10.8. The second kappa shape index (κ2) is 9.99. The van der Waals surface area contributed by atoms with Crippen LogP contribution in [-0.2, 0) is 0 Å². The molecular weight excluding hydrogens is 268 g/mol. The number of aryl methyl sites for hydroxylation is 1. The average Bonchev–Trinajstić information content (AvgIpc) is 2.44. The van der Waals surface area contributed by atoms with Gasteiger partial charge >= 0.3 is 0 Å². The van der Waals surface area contributed by atoms with Gasteiger partial charge in [-0.15, -0.1) is 0 Å². The van der Waals surface area contributed by atoms with E-state index >= 15 is 0 Å². The molecule has 1 aromatic carbocycles. The Labute approximate surface area is 128 Å². The molecule has 1 aromatic rings. The molecular formula is C18H27ClO. The summed E-state index contributed by atoms with van der Waals surface area (Å²) in [6.07, 6.45) is 10.8. The molecule has 0 unspecified atom stereocenters. The molecule has 0 fully saturated rings. The summed E-state index contributed by atoms with van der Waals surface area (Å²) in [5, 5.41) is 0.730. The molecule has 1 nitrogen and oxygen atoms in total. The Morgan fingerprint density at radius 2 is 1.60 bits per heavy atom. The van der Waals surface area contributed by atoms with Gasteiger partial charge in [0.1, 0.15) is 0 Å². The highest BCUT2D eigenvalue weighted by Crippen LogP contribution is 2.18. The molecule has 2 heteroatoms. The Morgan fingerprint density at radius 3 is 2.20 bits per heavy atom. The summed E-state index contributed by atoms with van der Waals surface area (Å²) in [4.78, 5) is 12.0. The Bertz CT molecular complexity index is 412. The molecule has 112 valence electrons. The topological polar surface area (TPSA) is 17.1 Å². The Morgan fingerprint density at radius 1 is 1.00 bits per heavy atom. The largest absolute Gasteiger partial charge is 0.294 e. The zero-order valence-electron chi connectivity index (χ0n) is 12.9. The van der Waals surface area contributed by atoms with Crippen LogP contribution in [-0.4, -0.2) is 5.78 Å². The Balaban J connectivity index is 2.15. The molecule has 0 aliphatic heterocycles. The van der Waals surface area contributed by atoms with Crippen LogP contribution < -0.4 is 0 Å². The molecule has 0 spiro atoms. The van der Waals surface area contributed by atoms with Gasteiger partial charge in [0.2, 0.25) is 0 Å². The Hall–Kier alpha value is -0.820. The number of carbonyl (C=O) groups is 1. The zero-order valence-corrected chi connectivity index (χ0v) is 13.6. The van der Waals surface area contributed by atoms with E-state index in [1.165, 1.54) is 44.9 Å². The van der Waals surface area contributed by atoms with Crippen molar-refractivity contribution in [1.29, 1.82) is 0 Å². The minimum absolute atomic E-state index is 0.246. The molecule has 0 bridgehead atoms. The number of rotatable bonds is 10. The Kier molecular flexibility index (Phi) is 8.60. The van der Waals surface area contributed by atoms with Crippen molar-refractivity contribution in [3.05, 3.63) is 34.3 Å². The van der Waals surface area contributed by atoms with Gasteiger partial charge in [0.05, 0.1) is 0 Å². The summed E-state index contributed by atoms with van der Waals surface area (Å²) in [5.41, 5.74) is 1.78. The fourth-order valence-electron chi connectivity index (χ4n) is 2.38. The summed E-state index contributed by atoms with van der Waals surface area (Å²) >= 11 is 5.97. The lowest BCUT2D eigenvalue weighted by Gasteiger charge is -2.04. The number of unbranched alkanes of at least 4 members (excludes halogenated alkanes) is 7. The first-order chi connectivity index (χ1) is 9.65. The zero-order chi connectivity index (χ0) is 14.8. The number of halogens is 1. The minimum atomic E-state index is 0.246. The monoisotopic (exact) mass is 294 g/mol. The van der Waals surface area contributed by atoms with Crippen molar-refractivity contribution in [1.82, 2.24) is 0 Å². The summed E-state index contributed by atoms with van der Waals surface area (Å²) in [5.74, 6) is 0.246. The van der Waals surface area contributed by atoms with Crippen LogP contribution in [0.3, 0.4) is 0 Å². The van der Waals surface area contributed by atoms with Gasteiger partial charge in [-0.1, -0.05) is 63.5 Å². The SMILES string of the molecule is CCCCCCCCCCC(=O)c1ccc(Cl)c(C)c1. The lowest BCUT2D eigenvalue weighted by molar-refractivity contribution is 0.0979. The average molecular weight is 295 g/mol. The van der Waals surface area contributed by atoms with Gasteiger partial charge < -0.3 is 0 Å². The lowest BCUT2D eigenvalue weighted by atomic mass is 10.0. The predicted molar refractivity (Wildman–Crippen MR) is 87.7 cm³/mol. The van der Waals surface area contributed by atoms with Crippen LogP contribution in [0.5, 0.6) is 0 Å². The third kappa shape index (κ3) is 6.56. The van der Waals surface area contributed by atoms with Gasteiger partial charge in [0.25, 0.3) is 0 Å². The third-order valence-electron chi connectivity index (χ3n) is 3.74. The second-order valence-electron chi connectivity index (χ2n) is 5.61. The van der Waals surface area contributed by atoms with E-state index in [2.05, 4.69) is 6.92 Å². The molecule has 20 heavy (non-hydrogen) atoms. The van der Waals surface area contributed by atoms with Crippen LogP contribution in [0.15, 0.2) is 18.2 Å². The maximum Gasteiger partial charge on any atom is 0.162 e. The van der Waals surface area contributed by atoms with Crippen LogP contribution in [0.4, 0.5) is 0 Å². The number of carbonyl (C=O) groups excluding carboxylic acids is 1. The maximum atomic E-state index is 12.0. The number of hydrogen-bond donors (Lipinski definition) is 0. The van der Waals surface area contributed by atoms with E-state index in [0.29, 0.717) is 6.42 Å². The van der Waals surface area contributed by atoms with Gasteiger partial charge in [-0.25, -0.2) is 0 Å². The number of hydrogen-bond acceptors (Lipinski definition) is 1. The quantitative estimate of drug-likeness (QED) is 0.362. The van der Waals surface area contributed by atoms with E-state index in [1.807, 2.05) is 25.1 Å². The van der Waals surface area contributed by atoms with Crippen molar-refractivity contribution in [2.24, 2.45) is 0 Å². The van der Waals surface area contributed by atoms with Crippen molar-refractivity contribution >= 4 is 17.4 Å². The standard InChI is InChI=1S/C18H27ClO/c1-3-4-5-6-7-8-9-10-11-18(20)16-12-13-17(19)15(2)14-16/h12-14H,3-11H2,1-2H3. The van der Waals surface area contributed by atoms with Crippen molar-refractivity contribution in [3.63, 3.8) is 0 Å². The summed E-state index contributed by atoms with van der Waals surface area (Å²) in [6.45, 7) is 4.18. The van der Waals surface area contributed by atoms with E-state index in [9.17, 15) is 4.79 Å². The number of ketones is 1. The predicted octanol–water partition coefficient (Wildman–Crippen LogP) is 6.36. The van der Waals surface area contributed by atoms with Crippen LogP contribution >= 0.6 is 11.6 Å². The van der Waals surface area contributed by atoms with Gasteiger partial charge in [-0.2, -0.15) is 0 Å². The first-order valence-corrected chi connectivity index (χ1v) is 8.32. The van der Waals surface area contributed by atoms with E-state index in [-0.39, 0.29) is 5.78 Å². The second-order valence-corrected chi connectivity index (χ2v) is 6.02. The van der Waals surface area contributed by atoms with Crippen molar-refractivity contribution in [3.8, 4) is 0 Å². The number of Topliss-reactive ketones (excluding diaryl/α,β-unsaturated/α-hetero) is 1. The molecule has 0 radical (unpaired) electrons. The molecule has 0 aromatic heterocycles. The van der Waals surface area contributed by atoms with Gasteiger partial charge in [0.15, 0.2) is 5.78 Å². The third-order valence-corrected chi connectivity index (χ3v) is 4.16. The lowest BCUT2D eigenvalue weighted by Crippen LogP contribution is -1.99. The molecule has 0 amide bonds. The first-order valence-electron chi connectivity index (χ1n) is 7.94. The van der Waals surface area contributed by atoms with Crippen molar-refractivity contribution in [2.45, 2.75) is 71.6 Å². The molecule has 0 aliphatic rings. The fourth-order valence-corrected chi connectivity index (χ4v) is 2.50. The van der Waals surface area contributed by atoms with Crippen LogP contribution in [0, 0.1) is 6.92 Å². The van der Waals surface area contributed by atoms with Gasteiger partial charge in [-0.05, 0) is 37.1 Å². The maximum absolute atomic E-state index is 12.0.